The van der Waals surface area contributed by atoms with Gasteiger partial charge in [-0.3, -0.25) is 9.59 Å². The van der Waals surface area contributed by atoms with Gasteiger partial charge in [-0.15, -0.1) is 0 Å². The van der Waals surface area contributed by atoms with E-state index in [1.54, 1.807) is 17.2 Å². The highest BCUT2D eigenvalue weighted by Gasteiger charge is 2.49. The molecule has 0 radical (unpaired) electrons. The Balaban J connectivity index is 1.51. The van der Waals surface area contributed by atoms with Gasteiger partial charge in [0.25, 0.3) is 5.91 Å². The number of nitrogens with one attached hydrogen (secondary N) is 1. The van der Waals surface area contributed by atoms with Crippen molar-refractivity contribution in [2.45, 2.75) is 64.2 Å². The number of hydrogen-bond acceptors (Lipinski definition) is 4. The van der Waals surface area contributed by atoms with E-state index in [4.69, 9.17) is 4.42 Å². The second kappa shape index (κ2) is 7.55. The Morgan fingerprint density at radius 3 is 2.71 bits per heavy atom. The molecule has 5 rings (SSSR count). The molecule has 3 aromatic rings. The first-order valence-electron chi connectivity index (χ1n) is 11.1. The molecule has 2 amide bonds. The lowest BCUT2D eigenvalue weighted by Gasteiger charge is -2.44. The summed E-state index contributed by atoms with van der Waals surface area (Å²) in [6.07, 6.45) is 5.78. The average molecular weight is 421 g/mol. The number of imidazole rings is 1. The van der Waals surface area contributed by atoms with Crippen LogP contribution in [0.25, 0.3) is 11.0 Å². The molecule has 0 unspecified atom stereocenters. The van der Waals surface area contributed by atoms with Crippen molar-refractivity contribution in [3.63, 3.8) is 0 Å². The molecule has 1 atom stereocenters. The maximum absolute atomic E-state index is 13.7. The van der Waals surface area contributed by atoms with E-state index in [2.05, 4.69) is 17.2 Å². The molecule has 1 saturated carbocycles. The molecule has 1 aromatic carbocycles. The number of nitrogens with zero attached hydrogens (tertiary/aromatic N) is 3. The average Bonchev–Trinajstić information content (AvgIpc) is 3.41. The van der Waals surface area contributed by atoms with E-state index < -0.39 is 5.54 Å². The van der Waals surface area contributed by atoms with Gasteiger partial charge in [0.05, 0.1) is 30.4 Å². The summed E-state index contributed by atoms with van der Waals surface area (Å²) in [7, 11) is 0. The van der Waals surface area contributed by atoms with Gasteiger partial charge in [-0.05, 0) is 62.8 Å². The van der Waals surface area contributed by atoms with E-state index in [1.165, 1.54) is 0 Å². The predicted molar refractivity (Wildman–Crippen MR) is 116 cm³/mol. The minimum Gasteiger partial charge on any atom is -0.467 e. The van der Waals surface area contributed by atoms with Crippen LogP contribution in [0.15, 0.2) is 47.1 Å². The Morgan fingerprint density at radius 1 is 1.19 bits per heavy atom. The molecule has 162 valence electrons. The summed E-state index contributed by atoms with van der Waals surface area (Å²) >= 11 is 0. The Bertz CT molecular complexity index is 1110. The zero-order chi connectivity index (χ0) is 21.6. The largest absolute Gasteiger partial charge is 0.467 e. The molecule has 2 aliphatic rings. The van der Waals surface area contributed by atoms with Crippen molar-refractivity contribution in [3.8, 4) is 0 Å². The van der Waals surface area contributed by atoms with Gasteiger partial charge in [-0.1, -0.05) is 19.1 Å². The summed E-state index contributed by atoms with van der Waals surface area (Å²) in [4.78, 5) is 33.4. The Morgan fingerprint density at radius 2 is 1.97 bits per heavy atom. The number of fused-ring (bicyclic) bond motifs is 3. The van der Waals surface area contributed by atoms with Crippen LogP contribution in [0.1, 0.15) is 55.9 Å². The molecule has 7 nitrogen and oxygen atoms in total. The van der Waals surface area contributed by atoms with Crippen molar-refractivity contribution in [3.05, 3.63) is 54.2 Å². The number of aromatic nitrogens is 2. The third-order valence-corrected chi connectivity index (χ3v) is 6.89. The fourth-order valence-corrected chi connectivity index (χ4v) is 4.88. The van der Waals surface area contributed by atoms with Gasteiger partial charge < -0.3 is 19.2 Å². The monoisotopic (exact) mass is 420 g/mol. The molecule has 0 spiro atoms. The molecule has 1 fully saturated rings. The maximum atomic E-state index is 13.7. The number of hydrogen-bond donors (Lipinski definition) is 1. The van der Waals surface area contributed by atoms with Gasteiger partial charge >= 0.3 is 0 Å². The van der Waals surface area contributed by atoms with Crippen molar-refractivity contribution >= 4 is 22.8 Å². The van der Waals surface area contributed by atoms with E-state index in [9.17, 15) is 9.59 Å². The van der Waals surface area contributed by atoms with Crippen molar-refractivity contribution in [2.75, 3.05) is 0 Å². The summed E-state index contributed by atoms with van der Waals surface area (Å²) in [5, 5.41) is 3.25. The number of carbonyl (C=O) groups excluding carboxylic acids is 2. The number of furan rings is 1. The van der Waals surface area contributed by atoms with Crippen molar-refractivity contribution in [1.29, 1.82) is 0 Å². The molecular formula is C24H28N4O3. The lowest BCUT2D eigenvalue weighted by atomic mass is 9.86. The molecule has 3 heterocycles. The molecule has 7 heteroatoms. The molecule has 2 aromatic heterocycles. The highest BCUT2D eigenvalue weighted by molar-refractivity contribution is 6.01. The topological polar surface area (TPSA) is 80.4 Å². The Kier molecular flexibility index (Phi) is 4.84. The standard InChI is InChI=1S/C24H28N4O3/c1-16-9-11-17(12-10-16)25-23(30)24(2)15-27-20-8-4-3-7-19(20)26-21(27)22(29)28(24)14-18-6-5-13-31-18/h3-8,13,16-17H,9-12,14-15H2,1-2H3,(H,25,30)/t16?,17?,24-/m0/s1. The van der Waals surface area contributed by atoms with Gasteiger partial charge in [0, 0.05) is 6.04 Å². The lowest BCUT2D eigenvalue weighted by Crippen LogP contribution is -2.64. The second-order valence-corrected chi connectivity index (χ2v) is 9.19. The van der Waals surface area contributed by atoms with Crippen molar-refractivity contribution in [2.24, 2.45) is 5.92 Å². The summed E-state index contributed by atoms with van der Waals surface area (Å²) in [5.41, 5.74) is 0.576. The van der Waals surface area contributed by atoms with E-state index in [-0.39, 0.29) is 24.4 Å². The highest BCUT2D eigenvalue weighted by atomic mass is 16.3. The molecule has 1 aliphatic carbocycles. The van der Waals surface area contributed by atoms with Gasteiger partial charge in [-0.25, -0.2) is 4.98 Å². The van der Waals surface area contributed by atoms with Crippen LogP contribution < -0.4 is 5.32 Å². The number of benzene rings is 1. The zero-order valence-electron chi connectivity index (χ0n) is 18.0. The highest BCUT2D eigenvalue weighted by Crippen LogP contribution is 2.33. The second-order valence-electron chi connectivity index (χ2n) is 9.19. The first-order valence-corrected chi connectivity index (χ1v) is 11.1. The van der Waals surface area contributed by atoms with Gasteiger partial charge in [0.1, 0.15) is 11.3 Å². The molecule has 1 N–H and O–H groups in total. The normalized spacial score (nSPS) is 26.1. The first-order chi connectivity index (χ1) is 15.0. The van der Waals surface area contributed by atoms with Crippen LogP contribution in [-0.2, 0) is 17.9 Å². The molecule has 0 saturated heterocycles. The fraction of sp³-hybridized carbons (Fsp3) is 0.458. The Labute approximate surface area is 181 Å². The van der Waals surface area contributed by atoms with E-state index in [0.29, 0.717) is 24.0 Å². The zero-order valence-corrected chi connectivity index (χ0v) is 18.0. The quantitative estimate of drug-likeness (QED) is 0.697. The molecule has 1 aliphatic heterocycles. The summed E-state index contributed by atoms with van der Waals surface area (Å²) in [5.74, 6) is 1.34. The summed E-state index contributed by atoms with van der Waals surface area (Å²) in [6.45, 7) is 4.69. The van der Waals surface area contributed by atoms with Crippen LogP contribution >= 0.6 is 0 Å². The first kappa shape index (κ1) is 19.8. The van der Waals surface area contributed by atoms with E-state index >= 15 is 0 Å². The molecule has 31 heavy (non-hydrogen) atoms. The third-order valence-electron chi connectivity index (χ3n) is 6.89. The van der Waals surface area contributed by atoms with Crippen LogP contribution in [0.5, 0.6) is 0 Å². The number of rotatable bonds is 4. The minimum absolute atomic E-state index is 0.115. The summed E-state index contributed by atoms with van der Waals surface area (Å²) < 4.78 is 7.40. The van der Waals surface area contributed by atoms with Crippen LogP contribution in [0.2, 0.25) is 0 Å². The SMILES string of the molecule is CC1CCC(NC(=O)[C@]2(C)Cn3c(nc4ccccc43)C(=O)N2Cc2ccco2)CC1. The van der Waals surface area contributed by atoms with E-state index in [0.717, 1.165) is 36.7 Å². The van der Waals surface area contributed by atoms with Crippen molar-refractivity contribution in [1.82, 2.24) is 19.8 Å². The Hall–Kier alpha value is -3.09. The molecule has 0 bridgehead atoms. The number of carbonyl (C=O) groups is 2. The third kappa shape index (κ3) is 3.42. The van der Waals surface area contributed by atoms with Crippen molar-refractivity contribution < 1.29 is 14.0 Å². The van der Waals surface area contributed by atoms with Crippen LogP contribution in [0.4, 0.5) is 0 Å². The molecular weight excluding hydrogens is 392 g/mol. The van der Waals surface area contributed by atoms with Gasteiger partial charge in [0.2, 0.25) is 5.91 Å². The predicted octanol–water partition coefficient (Wildman–Crippen LogP) is 3.74. The lowest BCUT2D eigenvalue weighted by molar-refractivity contribution is -0.134. The number of para-hydroxylation sites is 2. The minimum atomic E-state index is -1.05. The van der Waals surface area contributed by atoms with E-state index in [1.807, 2.05) is 41.8 Å². The number of amides is 2. The van der Waals surface area contributed by atoms with Crippen LogP contribution in [0.3, 0.4) is 0 Å². The smallest absolute Gasteiger partial charge is 0.291 e. The maximum Gasteiger partial charge on any atom is 0.291 e. The fourth-order valence-electron chi connectivity index (χ4n) is 4.88. The van der Waals surface area contributed by atoms with Gasteiger partial charge in [0.15, 0.2) is 5.82 Å². The van der Waals surface area contributed by atoms with Gasteiger partial charge in [-0.2, -0.15) is 0 Å². The van der Waals surface area contributed by atoms with Crippen LogP contribution in [-0.4, -0.2) is 37.8 Å². The van der Waals surface area contributed by atoms with Crippen LogP contribution in [0, 0.1) is 5.92 Å². The summed E-state index contributed by atoms with van der Waals surface area (Å²) in [6, 6.07) is 11.4.